The zero-order valence-electron chi connectivity index (χ0n) is 12.1. The van der Waals surface area contributed by atoms with Crippen LogP contribution in [0, 0.1) is 6.92 Å². The van der Waals surface area contributed by atoms with Crippen LogP contribution in [0.2, 0.25) is 5.02 Å². The summed E-state index contributed by atoms with van der Waals surface area (Å²) >= 11 is 5.90. The number of hydrogen-bond donors (Lipinski definition) is 1. The maximum absolute atomic E-state index is 12.2. The fourth-order valence-electron chi connectivity index (χ4n) is 2.06. The summed E-state index contributed by atoms with van der Waals surface area (Å²) in [5.41, 5.74) is 2.82. The van der Waals surface area contributed by atoms with E-state index in [1.165, 1.54) is 0 Å². The molecule has 110 valence electrons. The van der Waals surface area contributed by atoms with Crippen LogP contribution in [0.3, 0.4) is 0 Å². The molecular formula is C17H18ClNO2. The third kappa shape index (κ3) is 4.23. The van der Waals surface area contributed by atoms with Gasteiger partial charge < -0.3 is 10.1 Å². The lowest BCUT2D eigenvalue weighted by molar-refractivity contribution is -0.144. The number of halogens is 1. The molecule has 2 aromatic carbocycles. The van der Waals surface area contributed by atoms with E-state index in [4.69, 9.17) is 16.3 Å². The number of anilines is 1. The first kappa shape index (κ1) is 15.4. The predicted octanol–water partition coefficient (Wildman–Crippen LogP) is 4.36. The lowest BCUT2D eigenvalue weighted by Crippen LogP contribution is -2.23. The van der Waals surface area contributed by atoms with Crippen molar-refractivity contribution in [1.29, 1.82) is 0 Å². The summed E-state index contributed by atoms with van der Waals surface area (Å²) in [7, 11) is 0. The van der Waals surface area contributed by atoms with E-state index in [0.29, 0.717) is 11.6 Å². The van der Waals surface area contributed by atoms with E-state index in [1.54, 1.807) is 19.1 Å². The summed E-state index contributed by atoms with van der Waals surface area (Å²) in [6, 6.07) is 14.5. The molecule has 2 aromatic rings. The molecule has 0 fully saturated rings. The van der Waals surface area contributed by atoms with Gasteiger partial charge in [0.15, 0.2) is 6.04 Å². The van der Waals surface area contributed by atoms with Gasteiger partial charge in [-0.1, -0.05) is 35.9 Å². The van der Waals surface area contributed by atoms with E-state index in [1.807, 2.05) is 43.3 Å². The average molecular weight is 304 g/mol. The van der Waals surface area contributed by atoms with Gasteiger partial charge in [-0.3, -0.25) is 0 Å². The van der Waals surface area contributed by atoms with E-state index in [2.05, 4.69) is 5.32 Å². The molecule has 0 saturated heterocycles. The molecule has 4 heteroatoms. The zero-order valence-corrected chi connectivity index (χ0v) is 12.9. The minimum absolute atomic E-state index is 0.304. The number of aryl methyl sites for hydroxylation is 1. The molecule has 21 heavy (non-hydrogen) atoms. The Morgan fingerprint density at radius 2 is 1.95 bits per heavy atom. The second-order valence-electron chi connectivity index (χ2n) is 4.75. The van der Waals surface area contributed by atoms with E-state index < -0.39 is 6.04 Å². The van der Waals surface area contributed by atoms with Crippen LogP contribution in [-0.2, 0) is 9.53 Å². The number of carbonyl (C=O) groups is 1. The molecule has 0 radical (unpaired) electrons. The smallest absolute Gasteiger partial charge is 0.333 e. The zero-order chi connectivity index (χ0) is 15.2. The van der Waals surface area contributed by atoms with Crippen LogP contribution in [0.1, 0.15) is 24.1 Å². The minimum Gasteiger partial charge on any atom is -0.464 e. The standard InChI is InChI=1S/C17H18ClNO2/c1-3-21-17(20)16(13-7-9-14(18)10-8-13)19-15-6-4-5-12(2)11-15/h4-11,16,19H,3H2,1-2H3. The predicted molar refractivity (Wildman–Crippen MR) is 85.6 cm³/mol. The summed E-state index contributed by atoms with van der Waals surface area (Å²) < 4.78 is 5.16. The molecule has 0 amide bonds. The molecule has 0 aromatic heterocycles. The van der Waals surface area contributed by atoms with Crippen LogP contribution in [0.5, 0.6) is 0 Å². The Kier molecular flexibility index (Phi) is 5.23. The minimum atomic E-state index is -0.552. The van der Waals surface area contributed by atoms with E-state index >= 15 is 0 Å². The number of nitrogens with one attached hydrogen (secondary N) is 1. The van der Waals surface area contributed by atoms with Gasteiger partial charge in [-0.2, -0.15) is 0 Å². The van der Waals surface area contributed by atoms with Gasteiger partial charge in [0.25, 0.3) is 0 Å². The highest BCUT2D eigenvalue weighted by atomic mass is 35.5. The Morgan fingerprint density at radius 3 is 2.57 bits per heavy atom. The van der Waals surface area contributed by atoms with Crippen molar-refractivity contribution in [2.75, 3.05) is 11.9 Å². The van der Waals surface area contributed by atoms with Crippen LogP contribution < -0.4 is 5.32 Å². The van der Waals surface area contributed by atoms with Crippen LogP contribution in [-0.4, -0.2) is 12.6 Å². The largest absolute Gasteiger partial charge is 0.464 e. The third-order valence-electron chi connectivity index (χ3n) is 3.05. The molecule has 0 heterocycles. The summed E-state index contributed by atoms with van der Waals surface area (Å²) in [6.45, 7) is 4.15. The molecular weight excluding hydrogens is 286 g/mol. The third-order valence-corrected chi connectivity index (χ3v) is 3.31. The van der Waals surface area contributed by atoms with Crippen LogP contribution in [0.15, 0.2) is 48.5 Å². The quantitative estimate of drug-likeness (QED) is 0.834. The Balaban J connectivity index is 2.27. The topological polar surface area (TPSA) is 38.3 Å². The molecule has 2 rings (SSSR count). The first-order valence-electron chi connectivity index (χ1n) is 6.85. The number of carbonyl (C=O) groups excluding carboxylic acids is 1. The van der Waals surface area contributed by atoms with Crippen LogP contribution in [0.4, 0.5) is 5.69 Å². The second kappa shape index (κ2) is 7.14. The van der Waals surface area contributed by atoms with Gasteiger partial charge in [0, 0.05) is 10.7 Å². The van der Waals surface area contributed by atoms with Gasteiger partial charge in [-0.25, -0.2) is 4.79 Å². The molecule has 1 unspecified atom stereocenters. The molecule has 1 N–H and O–H groups in total. The summed E-state index contributed by atoms with van der Waals surface area (Å²) in [5.74, 6) is -0.304. The Bertz CT molecular complexity index is 610. The Morgan fingerprint density at radius 1 is 1.24 bits per heavy atom. The van der Waals surface area contributed by atoms with Crippen LogP contribution in [0.25, 0.3) is 0 Å². The van der Waals surface area contributed by atoms with Gasteiger partial charge in [0.05, 0.1) is 6.61 Å². The molecule has 3 nitrogen and oxygen atoms in total. The van der Waals surface area contributed by atoms with E-state index in [-0.39, 0.29) is 5.97 Å². The highest BCUT2D eigenvalue weighted by molar-refractivity contribution is 6.30. The normalized spacial score (nSPS) is 11.8. The second-order valence-corrected chi connectivity index (χ2v) is 5.19. The molecule has 0 spiro atoms. The summed E-state index contributed by atoms with van der Waals surface area (Å²) in [4.78, 5) is 12.2. The van der Waals surface area contributed by atoms with E-state index in [0.717, 1.165) is 16.8 Å². The lowest BCUT2D eigenvalue weighted by Gasteiger charge is -2.19. The van der Waals surface area contributed by atoms with Crippen molar-refractivity contribution < 1.29 is 9.53 Å². The average Bonchev–Trinajstić information content (AvgIpc) is 2.46. The summed E-state index contributed by atoms with van der Waals surface area (Å²) in [6.07, 6.45) is 0. The SMILES string of the molecule is CCOC(=O)C(Nc1cccc(C)c1)c1ccc(Cl)cc1. The maximum Gasteiger partial charge on any atom is 0.333 e. The number of rotatable bonds is 5. The van der Waals surface area contributed by atoms with Gasteiger partial charge in [0.2, 0.25) is 0 Å². The fourth-order valence-corrected chi connectivity index (χ4v) is 2.19. The molecule has 0 aliphatic carbocycles. The maximum atomic E-state index is 12.2. The van der Waals surface area contributed by atoms with Crippen molar-refractivity contribution in [2.24, 2.45) is 0 Å². The molecule has 0 saturated carbocycles. The van der Waals surface area contributed by atoms with Crippen molar-refractivity contribution in [2.45, 2.75) is 19.9 Å². The van der Waals surface area contributed by atoms with Crippen molar-refractivity contribution in [3.05, 3.63) is 64.7 Å². The van der Waals surface area contributed by atoms with Gasteiger partial charge in [0.1, 0.15) is 0 Å². The molecule has 0 bridgehead atoms. The monoisotopic (exact) mass is 303 g/mol. The molecule has 0 aliphatic rings. The van der Waals surface area contributed by atoms with Crippen molar-refractivity contribution in [1.82, 2.24) is 0 Å². The van der Waals surface area contributed by atoms with Crippen LogP contribution >= 0.6 is 11.6 Å². The van der Waals surface area contributed by atoms with Crippen molar-refractivity contribution in [3.63, 3.8) is 0 Å². The highest BCUT2D eigenvalue weighted by Gasteiger charge is 2.21. The molecule has 0 aliphatic heterocycles. The molecule has 1 atom stereocenters. The Labute approximate surface area is 129 Å². The van der Waals surface area contributed by atoms with E-state index in [9.17, 15) is 4.79 Å². The summed E-state index contributed by atoms with van der Waals surface area (Å²) in [5, 5.41) is 3.86. The number of benzene rings is 2. The number of esters is 1. The van der Waals surface area contributed by atoms with Crippen molar-refractivity contribution >= 4 is 23.3 Å². The lowest BCUT2D eigenvalue weighted by atomic mass is 10.1. The first-order chi connectivity index (χ1) is 10.1. The Hall–Kier alpha value is -2.00. The van der Waals surface area contributed by atoms with Crippen molar-refractivity contribution in [3.8, 4) is 0 Å². The number of ether oxygens (including phenoxy) is 1. The fraction of sp³-hybridized carbons (Fsp3) is 0.235. The highest BCUT2D eigenvalue weighted by Crippen LogP contribution is 2.23. The van der Waals surface area contributed by atoms with Gasteiger partial charge >= 0.3 is 5.97 Å². The first-order valence-corrected chi connectivity index (χ1v) is 7.23. The van der Waals surface area contributed by atoms with Gasteiger partial charge in [-0.05, 0) is 49.2 Å². The van der Waals surface area contributed by atoms with Gasteiger partial charge in [-0.15, -0.1) is 0 Å². The number of hydrogen-bond acceptors (Lipinski definition) is 3.